The summed E-state index contributed by atoms with van der Waals surface area (Å²) in [5, 5.41) is 8.93. The van der Waals surface area contributed by atoms with Crippen LogP contribution in [-0.4, -0.2) is 19.0 Å². The monoisotopic (exact) mass is 253 g/mol. The van der Waals surface area contributed by atoms with Crippen LogP contribution in [0.5, 0.6) is 0 Å². The van der Waals surface area contributed by atoms with E-state index in [0.717, 1.165) is 12.1 Å². The number of hydrogen-bond acceptors (Lipinski definition) is 3. The number of carbonyl (C=O) groups excluding carboxylic acids is 1. The lowest BCUT2D eigenvalue weighted by Crippen LogP contribution is -2.14. The standard InChI is InChI=1S/C13H13F2NO2/c1-2-18-4-3-13(17)12(8-16)9-5-10(14)7-11(15)6-9/h5-7,12H,2-4H2,1H3. The molecule has 0 bridgehead atoms. The van der Waals surface area contributed by atoms with Gasteiger partial charge in [0.15, 0.2) is 5.78 Å². The largest absolute Gasteiger partial charge is 0.381 e. The SMILES string of the molecule is CCOCCC(=O)C(C#N)c1cc(F)cc(F)c1. The molecule has 96 valence electrons. The fourth-order valence-electron chi connectivity index (χ4n) is 1.54. The van der Waals surface area contributed by atoms with Crippen LogP contribution in [0.15, 0.2) is 18.2 Å². The number of nitriles is 1. The van der Waals surface area contributed by atoms with Crippen LogP contribution in [0, 0.1) is 23.0 Å². The number of ketones is 1. The highest BCUT2D eigenvalue weighted by Gasteiger charge is 2.21. The van der Waals surface area contributed by atoms with Gasteiger partial charge in [0.2, 0.25) is 0 Å². The van der Waals surface area contributed by atoms with Gasteiger partial charge in [-0.3, -0.25) is 4.79 Å². The summed E-state index contributed by atoms with van der Waals surface area (Å²) in [5.41, 5.74) is 0.0384. The van der Waals surface area contributed by atoms with Gasteiger partial charge in [-0.25, -0.2) is 8.78 Å². The van der Waals surface area contributed by atoms with E-state index in [-0.39, 0.29) is 18.6 Å². The zero-order chi connectivity index (χ0) is 13.5. The van der Waals surface area contributed by atoms with E-state index < -0.39 is 23.3 Å². The van der Waals surface area contributed by atoms with Gasteiger partial charge < -0.3 is 4.74 Å². The first-order valence-corrected chi connectivity index (χ1v) is 5.54. The van der Waals surface area contributed by atoms with Crippen molar-refractivity contribution in [2.45, 2.75) is 19.3 Å². The third-order valence-electron chi connectivity index (χ3n) is 2.37. The van der Waals surface area contributed by atoms with E-state index in [2.05, 4.69) is 0 Å². The van der Waals surface area contributed by atoms with Crippen molar-refractivity contribution in [2.24, 2.45) is 0 Å². The summed E-state index contributed by atoms with van der Waals surface area (Å²) in [6.07, 6.45) is 0.0458. The molecular formula is C13H13F2NO2. The van der Waals surface area contributed by atoms with Crippen LogP contribution in [0.4, 0.5) is 8.78 Å². The van der Waals surface area contributed by atoms with Crippen molar-refractivity contribution < 1.29 is 18.3 Å². The molecule has 0 heterocycles. The summed E-state index contributed by atoms with van der Waals surface area (Å²) in [6.45, 7) is 2.46. The van der Waals surface area contributed by atoms with Gasteiger partial charge in [0.05, 0.1) is 12.7 Å². The molecule has 0 amide bonds. The van der Waals surface area contributed by atoms with Crippen molar-refractivity contribution in [2.75, 3.05) is 13.2 Å². The summed E-state index contributed by atoms with van der Waals surface area (Å²) in [6, 6.07) is 4.45. The second-order valence-electron chi connectivity index (χ2n) is 3.68. The van der Waals surface area contributed by atoms with Crippen LogP contribution in [0.25, 0.3) is 0 Å². The maximum Gasteiger partial charge on any atom is 0.156 e. The first-order chi connectivity index (χ1) is 8.58. The number of halogens is 2. The maximum atomic E-state index is 13.0. The molecule has 0 fully saturated rings. The average Bonchev–Trinajstić information content (AvgIpc) is 2.29. The van der Waals surface area contributed by atoms with Gasteiger partial charge in [-0.2, -0.15) is 5.26 Å². The van der Waals surface area contributed by atoms with E-state index >= 15 is 0 Å². The third-order valence-corrected chi connectivity index (χ3v) is 2.37. The highest BCUT2D eigenvalue weighted by atomic mass is 19.1. The quantitative estimate of drug-likeness (QED) is 0.732. The van der Waals surface area contributed by atoms with Crippen LogP contribution in [0.2, 0.25) is 0 Å². The van der Waals surface area contributed by atoms with Crippen molar-refractivity contribution in [3.63, 3.8) is 0 Å². The average molecular weight is 253 g/mol. The summed E-state index contributed by atoms with van der Waals surface area (Å²) >= 11 is 0. The molecule has 0 spiro atoms. The van der Waals surface area contributed by atoms with Gasteiger partial charge >= 0.3 is 0 Å². The second-order valence-corrected chi connectivity index (χ2v) is 3.68. The van der Waals surface area contributed by atoms with E-state index in [4.69, 9.17) is 10.00 Å². The molecule has 0 aliphatic heterocycles. The summed E-state index contributed by atoms with van der Waals surface area (Å²) in [5.74, 6) is -3.17. The Kier molecular flexibility index (Phi) is 5.40. The first kappa shape index (κ1) is 14.3. The summed E-state index contributed by atoms with van der Waals surface area (Å²) in [4.78, 5) is 11.7. The zero-order valence-corrected chi connectivity index (χ0v) is 9.95. The number of ether oxygens (including phenoxy) is 1. The lowest BCUT2D eigenvalue weighted by Gasteiger charge is -2.09. The van der Waals surface area contributed by atoms with Gasteiger partial charge in [0.25, 0.3) is 0 Å². The van der Waals surface area contributed by atoms with E-state index in [1.807, 2.05) is 0 Å². The number of benzene rings is 1. The summed E-state index contributed by atoms with van der Waals surface area (Å²) in [7, 11) is 0. The van der Waals surface area contributed by atoms with E-state index in [0.29, 0.717) is 12.7 Å². The predicted octanol–water partition coefficient (Wildman–Crippen LogP) is 2.57. The zero-order valence-electron chi connectivity index (χ0n) is 9.95. The molecule has 0 saturated heterocycles. The molecule has 1 atom stereocenters. The number of rotatable bonds is 6. The van der Waals surface area contributed by atoms with Gasteiger partial charge in [-0.15, -0.1) is 0 Å². The maximum absolute atomic E-state index is 13.0. The Bertz CT molecular complexity index is 448. The number of hydrogen-bond donors (Lipinski definition) is 0. The highest BCUT2D eigenvalue weighted by Crippen LogP contribution is 2.20. The molecule has 1 aromatic rings. The molecule has 0 aliphatic carbocycles. The minimum absolute atomic E-state index is 0.0384. The smallest absolute Gasteiger partial charge is 0.156 e. The Balaban J connectivity index is 2.83. The lowest BCUT2D eigenvalue weighted by molar-refractivity contribution is -0.120. The normalized spacial score (nSPS) is 11.9. The Morgan fingerprint density at radius 3 is 2.50 bits per heavy atom. The minimum Gasteiger partial charge on any atom is -0.381 e. The Labute approximate surface area is 104 Å². The van der Waals surface area contributed by atoms with Crippen LogP contribution < -0.4 is 0 Å². The van der Waals surface area contributed by atoms with E-state index in [1.165, 1.54) is 0 Å². The number of nitrogens with zero attached hydrogens (tertiary/aromatic N) is 1. The van der Waals surface area contributed by atoms with Crippen LogP contribution in [0.1, 0.15) is 24.8 Å². The van der Waals surface area contributed by atoms with Crippen molar-refractivity contribution in [3.05, 3.63) is 35.4 Å². The second kappa shape index (κ2) is 6.82. The molecule has 3 nitrogen and oxygen atoms in total. The van der Waals surface area contributed by atoms with Gasteiger partial charge in [0, 0.05) is 19.1 Å². The molecule has 5 heteroatoms. The molecule has 18 heavy (non-hydrogen) atoms. The number of carbonyl (C=O) groups is 1. The molecular weight excluding hydrogens is 240 g/mol. The van der Waals surface area contributed by atoms with E-state index in [9.17, 15) is 13.6 Å². The van der Waals surface area contributed by atoms with Gasteiger partial charge in [-0.05, 0) is 24.6 Å². The molecule has 1 aromatic carbocycles. The molecule has 0 radical (unpaired) electrons. The summed E-state index contributed by atoms with van der Waals surface area (Å²) < 4.78 is 31.0. The number of Topliss-reactive ketones (excluding diaryl/α,β-unsaturated/α-hetero) is 1. The van der Waals surface area contributed by atoms with Crippen LogP contribution in [-0.2, 0) is 9.53 Å². The predicted molar refractivity (Wildman–Crippen MR) is 60.8 cm³/mol. The third kappa shape index (κ3) is 3.90. The molecule has 1 rings (SSSR count). The molecule has 0 N–H and O–H groups in total. The topological polar surface area (TPSA) is 50.1 Å². The minimum atomic E-state index is -1.16. The molecule has 0 saturated carbocycles. The fraction of sp³-hybridized carbons (Fsp3) is 0.385. The Morgan fingerprint density at radius 1 is 1.39 bits per heavy atom. The van der Waals surface area contributed by atoms with Crippen LogP contribution >= 0.6 is 0 Å². The Hall–Kier alpha value is -1.80. The first-order valence-electron chi connectivity index (χ1n) is 5.54. The van der Waals surface area contributed by atoms with Crippen molar-refractivity contribution in [1.82, 2.24) is 0 Å². The van der Waals surface area contributed by atoms with E-state index in [1.54, 1.807) is 13.0 Å². The van der Waals surface area contributed by atoms with Gasteiger partial charge in [0.1, 0.15) is 17.6 Å². The molecule has 0 aliphatic rings. The molecule has 1 unspecified atom stereocenters. The lowest BCUT2D eigenvalue weighted by atomic mass is 9.94. The van der Waals surface area contributed by atoms with Crippen molar-refractivity contribution in [3.8, 4) is 6.07 Å². The highest BCUT2D eigenvalue weighted by molar-refractivity contribution is 5.88. The van der Waals surface area contributed by atoms with Crippen LogP contribution in [0.3, 0.4) is 0 Å². The van der Waals surface area contributed by atoms with Crippen molar-refractivity contribution >= 4 is 5.78 Å². The van der Waals surface area contributed by atoms with Crippen molar-refractivity contribution in [1.29, 1.82) is 5.26 Å². The molecule has 0 aromatic heterocycles. The Morgan fingerprint density at radius 2 is 2.00 bits per heavy atom. The van der Waals surface area contributed by atoms with Gasteiger partial charge in [-0.1, -0.05) is 0 Å². The fourth-order valence-corrected chi connectivity index (χ4v) is 1.54.